The fraction of sp³-hybridized carbons (Fsp3) is 0.571. The molecule has 0 atom stereocenters. The predicted octanol–water partition coefficient (Wildman–Crippen LogP) is 5.82. The SMILES string of the molecule is CCCCCC1CCC(C=CCOc2ccc(C=O)cc2)CC1. The molecule has 0 saturated heterocycles. The molecular formula is C21H30O2. The van der Waals surface area contributed by atoms with Crippen LogP contribution in [0.15, 0.2) is 36.4 Å². The standard InChI is InChI=1S/C21H30O2/c1-2-3-4-6-18-8-10-19(11-9-18)7-5-16-23-21-14-12-20(17-22)13-15-21/h5,7,12-15,17-19H,2-4,6,8-11,16H2,1H3. The molecule has 0 aromatic heterocycles. The van der Waals surface area contributed by atoms with E-state index in [1.165, 1.54) is 51.4 Å². The maximum Gasteiger partial charge on any atom is 0.150 e. The van der Waals surface area contributed by atoms with E-state index >= 15 is 0 Å². The van der Waals surface area contributed by atoms with E-state index in [2.05, 4.69) is 19.1 Å². The normalized spacial score (nSPS) is 21.4. The van der Waals surface area contributed by atoms with Gasteiger partial charge in [-0.2, -0.15) is 0 Å². The van der Waals surface area contributed by atoms with Gasteiger partial charge in [-0.1, -0.05) is 44.8 Å². The largest absolute Gasteiger partial charge is 0.490 e. The van der Waals surface area contributed by atoms with Crippen LogP contribution in [0.25, 0.3) is 0 Å². The minimum atomic E-state index is 0.608. The third-order valence-corrected chi connectivity index (χ3v) is 4.88. The Morgan fingerprint density at radius 1 is 1.09 bits per heavy atom. The van der Waals surface area contributed by atoms with Gasteiger partial charge in [0.1, 0.15) is 18.6 Å². The smallest absolute Gasteiger partial charge is 0.150 e. The Labute approximate surface area is 140 Å². The summed E-state index contributed by atoms with van der Waals surface area (Å²) in [4.78, 5) is 10.6. The van der Waals surface area contributed by atoms with Crippen molar-refractivity contribution >= 4 is 6.29 Å². The van der Waals surface area contributed by atoms with Gasteiger partial charge in [-0.25, -0.2) is 0 Å². The van der Waals surface area contributed by atoms with E-state index in [1.54, 1.807) is 12.1 Å². The molecule has 1 saturated carbocycles. The van der Waals surface area contributed by atoms with Crippen LogP contribution in [0, 0.1) is 11.8 Å². The number of allylic oxidation sites excluding steroid dienone is 1. The van der Waals surface area contributed by atoms with E-state index < -0.39 is 0 Å². The van der Waals surface area contributed by atoms with Gasteiger partial charge in [0.15, 0.2) is 0 Å². The highest BCUT2D eigenvalue weighted by Gasteiger charge is 2.18. The van der Waals surface area contributed by atoms with Gasteiger partial charge in [0.05, 0.1) is 0 Å². The van der Waals surface area contributed by atoms with Crippen LogP contribution in [0.2, 0.25) is 0 Å². The van der Waals surface area contributed by atoms with Crippen LogP contribution in [0.5, 0.6) is 5.75 Å². The first kappa shape index (κ1) is 17.8. The van der Waals surface area contributed by atoms with Crippen LogP contribution in [0.1, 0.15) is 68.6 Å². The van der Waals surface area contributed by atoms with E-state index in [0.29, 0.717) is 12.2 Å². The van der Waals surface area contributed by atoms with Gasteiger partial charge < -0.3 is 4.74 Å². The molecule has 1 aromatic carbocycles. The molecule has 1 fully saturated rings. The Morgan fingerprint density at radius 2 is 1.83 bits per heavy atom. The Bertz CT molecular complexity index is 467. The lowest BCUT2D eigenvalue weighted by Crippen LogP contribution is -2.13. The summed E-state index contributed by atoms with van der Waals surface area (Å²) in [5.74, 6) is 2.53. The van der Waals surface area contributed by atoms with Crippen molar-refractivity contribution in [2.24, 2.45) is 11.8 Å². The van der Waals surface area contributed by atoms with Crippen molar-refractivity contribution in [2.45, 2.75) is 58.3 Å². The molecule has 0 aliphatic heterocycles. The number of benzene rings is 1. The van der Waals surface area contributed by atoms with Crippen LogP contribution in [0.3, 0.4) is 0 Å². The summed E-state index contributed by atoms with van der Waals surface area (Å²) in [5.41, 5.74) is 0.684. The molecule has 2 heteroatoms. The third-order valence-electron chi connectivity index (χ3n) is 4.88. The Kier molecular flexibility index (Phi) is 7.92. The molecule has 0 bridgehead atoms. The number of hydrogen-bond acceptors (Lipinski definition) is 2. The lowest BCUT2D eigenvalue weighted by atomic mass is 9.79. The minimum Gasteiger partial charge on any atom is -0.490 e. The van der Waals surface area contributed by atoms with Gasteiger partial charge in [-0.05, 0) is 61.8 Å². The number of carbonyl (C=O) groups is 1. The summed E-state index contributed by atoms with van der Waals surface area (Å²) in [7, 11) is 0. The van der Waals surface area contributed by atoms with Crippen molar-refractivity contribution in [3.63, 3.8) is 0 Å². The summed E-state index contributed by atoms with van der Waals surface area (Å²) in [6.45, 7) is 2.89. The highest BCUT2D eigenvalue weighted by atomic mass is 16.5. The molecule has 23 heavy (non-hydrogen) atoms. The zero-order chi connectivity index (χ0) is 16.3. The van der Waals surface area contributed by atoms with Gasteiger partial charge in [-0.3, -0.25) is 4.79 Å². The molecule has 0 heterocycles. The Balaban J connectivity index is 1.62. The zero-order valence-electron chi connectivity index (χ0n) is 14.4. The molecule has 1 aliphatic carbocycles. The monoisotopic (exact) mass is 314 g/mol. The van der Waals surface area contributed by atoms with E-state index in [4.69, 9.17) is 4.74 Å². The van der Waals surface area contributed by atoms with E-state index in [-0.39, 0.29) is 0 Å². The summed E-state index contributed by atoms with van der Waals surface area (Å²) >= 11 is 0. The highest BCUT2D eigenvalue weighted by Crippen LogP contribution is 2.32. The lowest BCUT2D eigenvalue weighted by molar-refractivity contribution is 0.112. The van der Waals surface area contributed by atoms with Crippen molar-refractivity contribution in [3.05, 3.63) is 42.0 Å². The molecule has 2 nitrogen and oxygen atoms in total. The van der Waals surface area contributed by atoms with Crippen molar-refractivity contribution in [1.82, 2.24) is 0 Å². The molecule has 1 aromatic rings. The second-order valence-electron chi connectivity index (χ2n) is 6.70. The van der Waals surface area contributed by atoms with Gasteiger partial charge in [-0.15, -0.1) is 0 Å². The first-order valence-electron chi connectivity index (χ1n) is 9.16. The first-order valence-corrected chi connectivity index (χ1v) is 9.16. The van der Waals surface area contributed by atoms with Gasteiger partial charge >= 0.3 is 0 Å². The predicted molar refractivity (Wildman–Crippen MR) is 96.1 cm³/mol. The van der Waals surface area contributed by atoms with Gasteiger partial charge in [0, 0.05) is 5.56 Å². The molecule has 0 unspecified atom stereocenters. The number of rotatable bonds is 9. The average molecular weight is 314 g/mol. The highest BCUT2D eigenvalue weighted by molar-refractivity contribution is 5.74. The number of carbonyl (C=O) groups excluding carboxylic acids is 1. The van der Waals surface area contributed by atoms with Crippen LogP contribution in [-0.2, 0) is 0 Å². The molecular weight excluding hydrogens is 284 g/mol. The first-order chi connectivity index (χ1) is 11.3. The quantitative estimate of drug-likeness (QED) is 0.326. The number of hydrogen-bond donors (Lipinski definition) is 0. The number of aldehydes is 1. The Hall–Kier alpha value is -1.57. The van der Waals surface area contributed by atoms with Crippen molar-refractivity contribution in [3.8, 4) is 5.75 Å². The van der Waals surface area contributed by atoms with Gasteiger partial charge in [0.25, 0.3) is 0 Å². The second kappa shape index (κ2) is 10.3. The van der Waals surface area contributed by atoms with Crippen molar-refractivity contribution in [2.75, 3.05) is 6.61 Å². The Morgan fingerprint density at radius 3 is 2.48 bits per heavy atom. The molecule has 2 rings (SSSR count). The fourth-order valence-electron chi connectivity index (χ4n) is 3.39. The number of unbranched alkanes of at least 4 members (excludes halogenated alkanes) is 2. The third kappa shape index (κ3) is 6.60. The number of ether oxygens (including phenoxy) is 1. The molecule has 0 amide bonds. The molecule has 0 spiro atoms. The lowest BCUT2D eigenvalue weighted by Gasteiger charge is -2.26. The minimum absolute atomic E-state index is 0.608. The van der Waals surface area contributed by atoms with Crippen molar-refractivity contribution < 1.29 is 9.53 Å². The maximum absolute atomic E-state index is 10.6. The average Bonchev–Trinajstić information content (AvgIpc) is 2.61. The van der Waals surface area contributed by atoms with E-state index in [9.17, 15) is 4.79 Å². The summed E-state index contributed by atoms with van der Waals surface area (Å²) in [6.07, 6.45) is 16.4. The van der Waals surface area contributed by atoms with Crippen LogP contribution in [-0.4, -0.2) is 12.9 Å². The van der Waals surface area contributed by atoms with E-state index in [1.807, 2.05) is 12.1 Å². The molecule has 126 valence electrons. The maximum atomic E-state index is 10.6. The van der Waals surface area contributed by atoms with Gasteiger partial charge in [0.2, 0.25) is 0 Å². The summed E-state index contributed by atoms with van der Waals surface area (Å²) < 4.78 is 5.68. The summed E-state index contributed by atoms with van der Waals surface area (Å²) in [6, 6.07) is 7.26. The van der Waals surface area contributed by atoms with E-state index in [0.717, 1.165) is 23.9 Å². The van der Waals surface area contributed by atoms with Crippen molar-refractivity contribution in [1.29, 1.82) is 0 Å². The fourth-order valence-corrected chi connectivity index (χ4v) is 3.39. The van der Waals surface area contributed by atoms with Crippen LogP contribution < -0.4 is 4.74 Å². The van der Waals surface area contributed by atoms with Crippen LogP contribution >= 0.6 is 0 Å². The zero-order valence-corrected chi connectivity index (χ0v) is 14.4. The molecule has 0 N–H and O–H groups in total. The topological polar surface area (TPSA) is 26.3 Å². The second-order valence-corrected chi connectivity index (χ2v) is 6.70. The molecule has 0 radical (unpaired) electrons. The summed E-state index contributed by atoms with van der Waals surface area (Å²) in [5, 5.41) is 0. The van der Waals surface area contributed by atoms with Crippen LogP contribution in [0.4, 0.5) is 0 Å². The molecule has 1 aliphatic rings.